The van der Waals surface area contributed by atoms with E-state index in [1.807, 2.05) is 43.5 Å². The lowest BCUT2D eigenvalue weighted by molar-refractivity contribution is -0.114. The summed E-state index contributed by atoms with van der Waals surface area (Å²) in [4.78, 5) is 25.1. The van der Waals surface area contributed by atoms with E-state index in [0.29, 0.717) is 28.4 Å². The Morgan fingerprint density at radius 1 is 1.18 bits per heavy atom. The van der Waals surface area contributed by atoms with Crippen molar-refractivity contribution < 1.29 is 4.79 Å². The third-order valence-corrected chi connectivity index (χ3v) is 4.30. The minimum Gasteiger partial charge on any atom is -0.326 e. The van der Waals surface area contributed by atoms with Crippen LogP contribution in [0.4, 0.5) is 5.69 Å². The summed E-state index contributed by atoms with van der Waals surface area (Å²) in [6.45, 7) is 3.37. The summed E-state index contributed by atoms with van der Waals surface area (Å²) in [5.41, 5.74) is 5.46. The van der Waals surface area contributed by atoms with Gasteiger partial charge in [-0.25, -0.2) is 4.98 Å². The van der Waals surface area contributed by atoms with Crippen molar-refractivity contribution >= 4 is 17.2 Å². The van der Waals surface area contributed by atoms with Crippen molar-refractivity contribution in [1.82, 2.24) is 19.4 Å². The van der Waals surface area contributed by atoms with Crippen LogP contribution in [-0.2, 0) is 4.79 Å². The maximum Gasteiger partial charge on any atom is 0.221 e. The number of fused-ring (bicyclic) bond motifs is 1. The molecule has 0 saturated carbocycles. The van der Waals surface area contributed by atoms with E-state index in [4.69, 9.17) is 0 Å². The molecule has 28 heavy (non-hydrogen) atoms. The molecule has 4 rings (SSSR count). The van der Waals surface area contributed by atoms with Gasteiger partial charge in [0.2, 0.25) is 5.91 Å². The molecule has 7 nitrogen and oxygen atoms in total. The van der Waals surface area contributed by atoms with Crippen LogP contribution in [0.25, 0.3) is 28.2 Å². The van der Waals surface area contributed by atoms with Gasteiger partial charge in [0.15, 0.2) is 0 Å². The Labute approximate surface area is 161 Å². The Bertz CT molecular complexity index is 1250. The summed E-state index contributed by atoms with van der Waals surface area (Å²) < 4.78 is 1.72. The third kappa shape index (κ3) is 3.08. The number of carbonyl (C=O) groups excluding carboxylic acids is 1. The monoisotopic (exact) mass is 368 g/mol. The summed E-state index contributed by atoms with van der Waals surface area (Å²) in [5, 5.41) is 12.2. The van der Waals surface area contributed by atoms with Gasteiger partial charge in [0, 0.05) is 36.1 Å². The summed E-state index contributed by atoms with van der Waals surface area (Å²) in [6.07, 6.45) is 4.99. The molecule has 0 aromatic carbocycles. The Kier molecular flexibility index (Phi) is 4.30. The van der Waals surface area contributed by atoms with Crippen LogP contribution in [0.5, 0.6) is 0 Å². The van der Waals surface area contributed by atoms with Gasteiger partial charge in [-0.05, 0) is 37.3 Å². The summed E-state index contributed by atoms with van der Waals surface area (Å²) in [7, 11) is 0. The molecule has 4 aromatic rings. The molecule has 0 fully saturated rings. The number of aromatic nitrogens is 4. The fourth-order valence-corrected chi connectivity index (χ4v) is 3.13. The lowest BCUT2D eigenvalue weighted by Crippen LogP contribution is -2.08. The molecule has 1 amide bonds. The van der Waals surface area contributed by atoms with Gasteiger partial charge in [-0.2, -0.15) is 5.26 Å². The first-order valence-corrected chi connectivity index (χ1v) is 8.65. The average molecular weight is 368 g/mol. The van der Waals surface area contributed by atoms with Gasteiger partial charge in [0.05, 0.1) is 23.3 Å². The Morgan fingerprint density at radius 3 is 2.79 bits per heavy atom. The van der Waals surface area contributed by atoms with Crippen LogP contribution in [0.15, 0.2) is 55.0 Å². The fraction of sp³-hybridized carbons (Fsp3) is 0.0952. The number of hydrogen-bond acceptors (Lipinski definition) is 5. The first-order chi connectivity index (χ1) is 13.6. The maximum atomic E-state index is 11.8. The maximum absolute atomic E-state index is 11.8. The van der Waals surface area contributed by atoms with Crippen molar-refractivity contribution in [2.75, 3.05) is 5.32 Å². The first kappa shape index (κ1) is 17.4. The predicted octanol–water partition coefficient (Wildman–Crippen LogP) is 3.60. The Balaban J connectivity index is 2.01. The second kappa shape index (κ2) is 6.93. The SMILES string of the molecule is CC(=O)Nc1ccnc(-c2cccc(C)n2)c1-c1ccc2ncc(C#N)n2c1. The Hall–Kier alpha value is -4.05. The van der Waals surface area contributed by atoms with Crippen molar-refractivity contribution in [2.24, 2.45) is 0 Å². The van der Waals surface area contributed by atoms with E-state index in [9.17, 15) is 10.1 Å². The zero-order chi connectivity index (χ0) is 19.7. The highest BCUT2D eigenvalue weighted by atomic mass is 16.1. The van der Waals surface area contributed by atoms with Crippen LogP contribution in [0.3, 0.4) is 0 Å². The highest BCUT2D eigenvalue weighted by Crippen LogP contribution is 2.36. The molecule has 7 heteroatoms. The van der Waals surface area contributed by atoms with Gasteiger partial charge in [-0.3, -0.25) is 19.2 Å². The topological polar surface area (TPSA) is 96.0 Å². The number of pyridine rings is 3. The number of nitriles is 1. The second-order valence-electron chi connectivity index (χ2n) is 6.33. The molecule has 0 aliphatic heterocycles. The summed E-state index contributed by atoms with van der Waals surface area (Å²) >= 11 is 0. The first-order valence-electron chi connectivity index (χ1n) is 8.65. The largest absolute Gasteiger partial charge is 0.326 e. The van der Waals surface area contributed by atoms with E-state index in [0.717, 1.165) is 16.8 Å². The second-order valence-corrected chi connectivity index (χ2v) is 6.33. The molecule has 0 saturated heterocycles. The average Bonchev–Trinajstić information content (AvgIpc) is 3.09. The van der Waals surface area contributed by atoms with Gasteiger partial charge >= 0.3 is 0 Å². The number of nitrogens with zero attached hydrogens (tertiary/aromatic N) is 5. The van der Waals surface area contributed by atoms with Gasteiger partial charge in [-0.15, -0.1) is 0 Å². The smallest absolute Gasteiger partial charge is 0.221 e. The third-order valence-electron chi connectivity index (χ3n) is 4.30. The van der Waals surface area contributed by atoms with Crippen molar-refractivity contribution in [2.45, 2.75) is 13.8 Å². The summed E-state index contributed by atoms with van der Waals surface area (Å²) in [5.74, 6) is -0.183. The highest BCUT2D eigenvalue weighted by molar-refractivity contribution is 5.97. The highest BCUT2D eigenvalue weighted by Gasteiger charge is 2.17. The van der Waals surface area contributed by atoms with E-state index in [2.05, 4.69) is 26.3 Å². The number of carbonyl (C=O) groups is 1. The van der Waals surface area contributed by atoms with E-state index in [1.54, 1.807) is 16.7 Å². The van der Waals surface area contributed by atoms with Crippen LogP contribution in [-0.4, -0.2) is 25.3 Å². The molecule has 0 unspecified atom stereocenters. The van der Waals surface area contributed by atoms with Gasteiger partial charge in [0.25, 0.3) is 0 Å². The number of anilines is 1. The van der Waals surface area contributed by atoms with Crippen molar-refractivity contribution in [3.63, 3.8) is 0 Å². The van der Waals surface area contributed by atoms with Crippen LogP contribution in [0, 0.1) is 18.3 Å². The molecule has 0 bridgehead atoms. The molecule has 0 spiro atoms. The van der Waals surface area contributed by atoms with E-state index < -0.39 is 0 Å². The van der Waals surface area contributed by atoms with Crippen LogP contribution < -0.4 is 5.32 Å². The molecule has 0 aliphatic rings. The molecule has 4 aromatic heterocycles. The van der Waals surface area contributed by atoms with Crippen LogP contribution in [0.1, 0.15) is 18.3 Å². The molecular weight excluding hydrogens is 352 g/mol. The molecular formula is C21H16N6O. The predicted molar refractivity (Wildman–Crippen MR) is 105 cm³/mol. The van der Waals surface area contributed by atoms with E-state index >= 15 is 0 Å². The molecule has 4 heterocycles. The summed E-state index contributed by atoms with van der Waals surface area (Å²) in [6, 6.07) is 13.3. The lowest BCUT2D eigenvalue weighted by Gasteiger charge is -2.15. The molecule has 1 N–H and O–H groups in total. The number of imidazole rings is 1. The van der Waals surface area contributed by atoms with Crippen molar-refractivity contribution in [3.05, 3.63) is 66.4 Å². The fourth-order valence-electron chi connectivity index (χ4n) is 3.13. The number of aryl methyl sites for hydroxylation is 1. The number of nitrogens with one attached hydrogen (secondary N) is 1. The number of hydrogen-bond donors (Lipinski definition) is 1. The zero-order valence-corrected chi connectivity index (χ0v) is 15.3. The standard InChI is InChI=1S/C21H16N6O/c1-13-4-3-5-18(25-13)21-20(17(8-9-23-21)26-14(2)28)15-6-7-19-24-11-16(10-22)27(19)12-15/h3-9,11-12H,1-2H3,(H,23,26,28). The van der Waals surface area contributed by atoms with Crippen LogP contribution in [0.2, 0.25) is 0 Å². The lowest BCUT2D eigenvalue weighted by atomic mass is 10.0. The quantitative estimate of drug-likeness (QED) is 0.596. The molecule has 0 aliphatic carbocycles. The van der Waals surface area contributed by atoms with Gasteiger partial charge in [-0.1, -0.05) is 6.07 Å². The minimum absolute atomic E-state index is 0.183. The minimum atomic E-state index is -0.183. The molecule has 136 valence electrons. The van der Waals surface area contributed by atoms with Crippen molar-refractivity contribution in [1.29, 1.82) is 5.26 Å². The number of rotatable bonds is 3. The van der Waals surface area contributed by atoms with Crippen molar-refractivity contribution in [3.8, 4) is 28.6 Å². The zero-order valence-electron chi connectivity index (χ0n) is 15.3. The van der Waals surface area contributed by atoms with E-state index in [-0.39, 0.29) is 5.91 Å². The molecule has 0 atom stereocenters. The van der Waals surface area contributed by atoms with E-state index in [1.165, 1.54) is 13.1 Å². The van der Waals surface area contributed by atoms with Gasteiger partial charge < -0.3 is 5.32 Å². The normalized spacial score (nSPS) is 10.6. The van der Waals surface area contributed by atoms with Crippen LogP contribution >= 0.6 is 0 Å². The Morgan fingerprint density at radius 2 is 2.04 bits per heavy atom. The number of amides is 1. The molecule has 0 radical (unpaired) electrons. The van der Waals surface area contributed by atoms with Gasteiger partial charge in [0.1, 0.15) is 17.4 Å².